The first-order chi connectivity index (χ1) is 7.51. The van der Waals surface area contributed by atoms with Crippen molar-refractivity contribution in [2.75, 3.05) is 0 Å². The van der Waals surface area contributed by atoms with Gasteiger partial charge in [0.05, 0.1) is 6.21 Å². The van der Waals surface area contributed by atoms with E-state index < -0.39 is 6.36 Å². The van der Waals surface area contributed by atoms with Crippen LogP contribution in [0, 0.1) is 0 Å². The van der Waals surface area contributed by atoms with Crippen LogP contribution >= 0.6 is 0 Å². The third-order valence-electron chi connectivity index (χ3n) is 1.30. The van der Waals surface area contributed by atoms with Gasteiger partial charge in [-0.05, 0) is 17.7 Å². The second kappa shape index (κ2) is 6.71. The molecule has 0 amide bonds. The van der Waals surface area contributed by atoms with E-state index in [1.54, 1.807) is 0 Å². The average Bonchev–Trinajstić information content (AvgIpc) is 2.19. The van der Waals surface area contributed by atoms with Gasteiger partial charge >= 0.3 is 6.36 Å². The maximum Gasteiger partial charge on any atom is 0.573 e. The summed E-state index contributed by atoms with van der Waals surface area (Å²) in [5.74, 6) is -0.352. The van der Waals surface area contributed by atoms with Gasteiger partial charge in [-0.3, -0.25) is 0 Å². The third-order valence-corrected chi connectivity index (χ3v) is 1.30. The Labute approximate surface area is 91.2 Å². The molecule has 0 aliphatic heterocycles. The number of oxime groups is 1. The first-order valence-corrected chi connectivity index (χ1v) is 4.54. The summed E-state index contributed by atoms with van der Waals surface area (Å²) < 4.78 is 38.9. The van der Waals surface area contributed by atoms with Crippen LogP contribution in [0.5, 0.6) is 5.75 Å². The summed E-state index contributed by atoms with van der Waals surface area (Å²) in [7, 11) is 0. The Morgan fingerprint density at radius 3 is 2.44 bits per heavy atom. The first-order valence-electron chi connectivity index (χ1n) is 4.54. The van der Waals surface area contributed by atoms with Crippen LogP contribution in [0.3, 0.4) is 0 Å². The molecule has 1 aromatic carbocycles. The lowest BCUT2D eigenvalue weighted by Gasteiger charge is -2.08. The van der Waals surface area contributed by atoms with Gasteiger partial charge in [-0.1, -0.05) is 31.1 Å². The molecule has 0 spiro atoms. The molecule has 1 N–H and O–H groups in total. The monoisotopic (exact) mass is 235 g/mol. The number of nitrogens with zero attached hydrogens (tertiary/aromatic N) is 1. The van der Waals surface area contributed by atoms with Gasteiger partial charge in [0.25, 0.3) is 0 Å². The van der Waals surface area contributed by atoms with Gasteiger partial charge in [0, 0.05) is 0 Å². The lowest BCUT2D eigenvalue weighted by molar-refractivity contribution is -0.274. The van der Waals surface area contributed by atoms with Crippen LogP contribution in [-0.4, -0.2) is 17.8 Å². The number of ether oxygens (including phenoxy) is 1. The quantitative estimate of drug-likeness (QED) is 0.484. The molecule has 1 aromatic rings. The molecule has 0 unspecified atom stereocenters. The van der Waals surface area contributed by atoms with E-state index in [-0.39, 0.29) is 5.75 Å². The van der Waals surface area contributed by atoms with Crippen molar-refractivity contribution in [2.24, 2.45) is 5.16 Å². The molecule has 1 rings (SSSR count). The van der Waals surface area contributed by atoms with E-state index >= 15 is 0 Å². The van der Waals surface area contributed by atoms with Crippen LogP contribution in [0.2, 0.25) is 0 Å². The number of rotatable bonds is 2. The maximum absolute atomic E-state index is 11.8. The number of benzene rings is 1. The number of halogens is 3. The van der Waals surface area contributed by atoms with Crippen LogP contribution in [0.1, 0.15) is 19.4 Å². The van der Waals surface area contributed by atoms with Gasteiger partial charge < -0.3 is 9.94 Å². The van der Waals surface area contributed by atoms with Crippen molar-refractivity contribution < 1.29 is 23.1 Å². The SMILES string of the molecule is CC.O/N=C/c1cccc(OC(F)(F)F)c1. The standard InChI is InChI=1S/C8H6F3NO2.C2H6/c9-8(10,11)14-7-3-1-2-6(4-7)5-12-13;1-2/h1-5,13H;1-2H3/b12-5+;. The van der Waals surface area contributed by atoms with E-state index in [2.05, 4.69) is 9.89 Å². The van der Waals surface area contributed by atoms with E-state index in [4.69, 9.17) is 5.21 Å². The van der Waals surface area contributed by atoms with E-state index in [0.29, 0.717) is 5.56 Å². The summed E-state index contributed by atoms with van der Waals surface area (Å²) in [6.45, 7) is 4.00. The highest BCUT2D eigenvalue weighted by Crippen LogP contribution is 2.22. The number of alkyl halides is 3. The average molecular weight is 235 g/mol. The molecule has 0 saturated heterocycles. The van der Waals surface area contributed by atoms with E-state index in [0.717, 1.165) is 18.3 Å². The van der Waals surface area contributed by atoms with Gasteiger partial charge in [-0.25, -0.2) is 0 Å². The topological polar surface area (TPSA) is 41.8 Å². The molecule has 0 aromatic heterocycles. The fraction of sp³-hybridized carbons (Fsp3) is 0.300. The molecule has 0 fully saturated rings. The summed E-state index contributed by atoms with van der Waals surface area (Å²) in [4.78, 5) is 0. The Kier molecular flexibility index (Phi) is 5.99. The van der Waals surface area contributed by atoms with Crippen LogP contribution in [0.4, 0.5) is 13.2 Å². The van der Waals surface area contributed by atoms with E-state index in [9.17, 15) is 13.2 Å². The van der Waals surface area contributed by atoms with Crippen molar-refractivity contribution in [2.45, 2.75) is 20.2 Å². The highest BCUT2D eigenvalue weighted by Gasteiger charge is 2.30. The molecular weight excluding hydrogens is 223 g/mol. The Morgan fingerprint density at radius 1 is 1.31 bits per heavy atom. The summed E-state index contributed by atoms with van der Waals surface area (Å²) in [6, 6.07) is 5.09. The predicted octanol–water partition coefficient (Wildman–Crippen LogP) is 3.42. The molecular formula is C10H12F3NO2. The molecule has 6 heteroatoms. The lowest BCUT2D eigenvalue weighted by atomic mass is 10.2. The minimum atomic E-state index is -4.71. The zero-order chi connectivity index (χ0) is 12.6. The Balaban J connectivity index is 0.00000106. The van der Waals surface area contributed by atoms with Crippen LogP contribution in [-0.2, 0) is 0 Å². The van der Waals surface area contributed by atoms with Crippen molar-refractivity contribution in [3.8, 4) is 5.75 Å². The fourth-order valence-electron chi connectivity index (χ4n) is 0.859. The van der Waals surface area contributed by atoms with Gasteiger partial charge in [0.15, 0.2) is 0 Å². The molecule has 0 heterocycles. The molecule has 0 radical (unpaired) electrons. The van der Waals surface area contributed by atoms with Crippen molar-refractivity contribution in [1.82, 2.24) is 0 Å². The molecule has 16 heavy (non-hydrogen) atoms. The molecule has 0 saturated carbocycles. The molecule has 0 aliphatic rings. The first kappa shape index (κ1) is 14.3. The third kappa shape index (κ3) is 5.90. The zero-order valence-electron chi connectivity index (χ0n) is 8.82. The van der Waals surface area contributed by atoms with Crippen LogP contribution in [0.15, 0.2) is 29.4 Å². The minimum Gasteiger partial charge on any atom is -0.411 e. The highest BCUT2D eigenvalue weighted by molar-refractivity contribution is 5.79. The lowest BCUT2D eigenvalue weighted by Crippen LogP contribution is -2.17. The van der Waals surface area contributed by atoms with Crippen molar-refractivity contribution >= 4 is 6.21 Å². The second-order valence-corrected chi connectivity index (χ2v) is 2.36. The summed E-state index contributed by atoms with van der Waals surface area (Å²) in [5.41, 5.74) is 0.314. The van der Waals surface area contributed by atoms with Gasteiger partial charge in [-0.15, -0.1) is 13.2 Å². The predicted molar refractivity (Wildman–Crippen MR) is 53.9 cm³/mol. The largest absolute Gasteiger partial charge is 0.573 e. The Morgan fingerprint density at radius 2 is 1.94 bits per heavy atom. The molecule has 0 atom stereocenters. The van der Waals surface area contributed by atoms with E-state index in [1.165, 1.54) is 12.1 Å². The summed E-state index contributed by atoms with van der Waals surface area (Å²) >= 11 is 0. The van der Waals surface area contributed by atoms with Gasteiger partial charge in [0.1, 0.15) is 5.75 Å². The molecule has 0 aliphatic carbocycles. The minimum absolute atomic E-state index is 0.314. The van der Waals surface area contributed by atoms with Crippen molar-refractivity contribution in [1.29, 1.82) is 0 Å². The summed E-state index contributed by atoms with van der Waals surface area (Å²) in [5, 5.41) is 10.8. The zero-order valence-corrected chi connectivity index (χ0v) is 8.82. The molecule has 3 nitrogen and oxygen atoms in total. The van der Waals surface area contributed by atoms with Crippen molar-refractivity contribution in [3.05, 3.63) is 29.8 Å². The van der Waals surface area contributed by atoms with Crippen LogP contribution < -0.4 is 4.74 Å². The molecule has 0 bridgehead atoms. The maximum atomic E-state index is 11.8. The Hall–Kier alpha value is -1.72. The molecule has 90 valence electrons. The second-order valence-electron chi connectivity index (χ2n) is 2.36. The smallest absolute Gasteiger partial charge is 0.411 e. The number of hydrogen-bond acceptors (Lipinski definition) is 3. The highest BCUT2D eigenvalue weighted by atomic mass is 19.4. The number of hydrogen-bond donors (Lipinski definition) is 1. The summed E-state index contributed by atoms with van der Waals surface area (Å²) in [6.07, 6.45) is -3.71. The van der Waals surface area contributed by atoms with Crippen LogP contribution in [0.25, 0.3) is 0 Å². The van der Waals surface area contributed by atoms with E-state index in [1.807, 2.05) is 13.8 Å². The Bertz CT molecular complexity index is 337. The fourth-order valence-corrected chi connectivity index (χ4v) is 0.859. The van der Waals surface area contributed by atoms with Crippen molar-refractivity contribution in [3.63, 3.8) is 0 Å². The van der Waals surface area contributed by atoms with Gasteiger partial charge in [0.2, 0.25) is 0 Å². The van der Waals surface area contributed by atoms with Gasteiger partial charge in [-0.2, -0.15) is 0 Å². The normalized spacial score (nSPS) is 10.8.